The van der Waals surface area contributed by atoms with Crippen LogP contribution < -0.4 is 4.74 Å². The van der Waals surface area contributed by atoms with Crippen molar-refractivity contribution in [3.05, 3.63) is 80.6 Å². The number of likely N-dealkylation sites (tertiary alicyclic amines) is 1. The lowest BCUT2D eigenvalue weighted by Gasteiger charge is -2.42. The number of benzene rings is 1. The number of nitrogens with zero attached hydrogens (tertiary/aromatic N) is 1. The number of phenols is 1. The van der Waals surface area contributed by atoms with Crippen LogP contribution in [0.2, 0.25) is 0 Å². The summed E-state index contributed by atoms with van der Waals surface area (Å²) in [5.41, 5.74) is 2.21. The van der Waals surface area contributed by atoms with Crippen LogP contribution in [0.25, 0.3) is 0 Å². The summed E-state index contributed by atoms with van der Waals surface area (Å²) in [6.07, 6.45) is 3.85. The van der Waals surface area contributed by atoms with Crippen molar-refractivity contribution >= 4 is 34.7 Å². The fraction of sp³-hybridized carbons (Fsp3) is 0.310. The normalized spacial score (nSPS) is 27.0. The van der Waals surface area contributed by atoms with Gasteiger partial charge in [-0.3, -0.25) is 24.1 Å². The third kappa shape index (κ3) is 3.46. The highest BCUT2D eigenvalue weighted by molar-refractivity contribution is 7.09. The number of carbonyl (C=O) groups excluding carboxylic acids is 4. The van der Waals surface area contributed by atoms with Crippen LogP contribution in [-0.2, 0) is 25.7 Å². The summed E-state index contributed by atoms with van der Waals surface area (Å²) < 4.78 is 5.57. The molecule has 1 aromatic carbocycles. The molecule has 6 rings (SSSR count). The molecule has 1 aromatic heterocycles. The number of fused-ring (bicyclic) bond motifs is 3. The number of ether oxygens (including phenoxy) is 1. The molecule has 4 aliphatic rings. The number of hydrogen-bond donors (Lipinski definition) is 1. The van der Waals surface area contributed by atoms with Crippen LogP contribution in [0.5, 0.6) is 11.5 Å². The Morgan fingerprint density at radius 2 is 1.89 bits per heavy atom. The average molecular weight is 516 g/mol. The largest absolute Gasteiger partial charge is 0.507 e. The van der Waals surface area contributed by atoms with Gasteiger partial charge in [0.25, 0.3) is 0 Å². The molecular formula is C29H25NO6S. The van der Waals surface area contributed by atoms with Crippen molar-refractivity contribution in [2.45, 2.75) is 32.2 Å². The number of carbonyl (C=O) groups is 4. The second-order valence-electron chi connectivity index (χ2n) is 9.96. The van der Waals surface area contributed by atoms with Gasteiger partial charge < -0.3 is 9.84 Å². The maximum Gasteiger partial charge on any atom is 0.234 e. The van der Waals surface area contributed by atoms with E-state index in [1.807, 2.05) is 23.6 Å². The predicted octanol–water partition coefficient (Wildman–Crippen LogP) is 4.09. The Morgan fingerprint density at radius 1 is 1.08 bits per heavy atom. The van der Waals surface area contributed by atoms with E-state index in [-0.39, 0.29) is 42.1 Å². The van der Waals surface area contributed by atoms with E-state index in [1.165, 1.54) is 35.5 Å². The monoisotopic (exact) mass is 515 g/mol. The first-order valence-electron chi connectivity index (χ1n) is 12.3. The molecule has 1 fully saturated rings. The highest BCUT2D eigenvalue weighted by atomic mass is 32.1. The van der Waals surface area contributed by atoms with Crippen molar-refractivity contribution in [1.29, 1.82) is 0 Å². The first-order valence-corrected chi connectivity index (χ1v) is 13.1. The maximum atomic E-state index is 13.8. The lowest BCUT2D eigenvalue weighted by molar-refractivity contribution is -0.140. The molecule has 8 heteroatoms. The Morgan fingerprint density at radius 3 is 2.62 bits per heavy atom. The summed E-state index contributed by atoms with van der Waals surface area (Å²) in [4.78, 5) is 56.1. The SMILES string of the molecule is COc1cccc(O)c1C1C2=CCC3C(=O)N(Cc4cccs4)C(=O)C3C2CC2=C1C(=O)C=C(C)C2=O. The van der Waals surface area contributed by atoms with E-state index >= 15 is 0 Å². The lowest BCUT2D eigenvalue weighted by Crippen LogP contribution is -2.39. The molecule has 1 aliphatic heterocycles. The van der Waals surface area contributed by atoms with Gasteiger partial charge in [0.1, 0.15) is 11.5 Å². The number of methoxy groups -OCH3 is 1. The lowest BCUT2D eigenvalue weighted by atomic mass is 9.59. The standard InChI is InChI=1S/C29H25NO6S/c1-14-11-21(32)24-19(27(14)33)12-18-16(25(24)26-20(31)6-3-7-22(26)36-2)8-9-17-23(18)29(35)30(28(17)34)13-15-5-4-10-37-15/h3-8,10-11,17-18,23,25,31H,9,12-13H2,1-2H3. The third-order valence-electron chi connectivity index (χ3n) is 8.10. The third-order valence-corrected chi connectivity index (χ3v) is 8.96. The van der Waals surface area contributed by atoms with Gasteiger partial charge in [-0.1, -0.05) is 23.8 Å². The van der Waals surface area contributed by atoms with Crippen molar-refractivity contribution in [2.75, 3.05) is 7.11 Å². The number of thiophene rings is 1. The molecule has 0 radical (unpaired) electrons. The van der Waals surface area contributed by atoms with E-state index < -0.39 is 23.7 Å². The van der Waals surface area contributed by atoms with Crippen LogP contribution in [0.3, 0.4) is 0 Å². The van der Waals surface area contributed by atoms with Gasteiger partial charge in [-0.15, -0.1) is 11.3 Å². The minimum Gasteiger partial charge on any atom is -0.507 e. The zero-order chi connectivity index (χ0) is 26.0. The molecule has 0 bridgehead atoms. The molecular weight excluding hydrogens is 490 g/mol. The van der Waals surface area contributed by atoms with E-state index in [2.05, 4.69) is 0 Å². The van der Waals surface area contributed by atoms with Crippen molar-refractivity contribution < 1.29 is 29.0 Å². The van der Waals surface area contributed by atoms with E-state index in [4.69, 9.17) is 4.74 Å². The van der Waals surface area contributed by atoms with Crippen LogP contribution >= 0.6 is 11.3 Å². The minimum atomic E-state index is -0.749. The van der Waals surface area contributed by atoms with Crippen LogP contribution in [0, 0.1) is 17.8 Å². The van der Waals surface area contributed by atoms with Crippen molar-refractivity contribution in [1.82, 2.24) is 4.90 Å². The predicted molar refractivity (Wildman–Crippen MR) is 136 cm³/mol. The number of phenolic OH excluding ortho intramolecular Hbond substituents is 1. The van der Waals surface area contributed by atoms with Gasteiger partial charge in [0.15, 0.2) is 11.6 Å². The zero-order valence-electron chi connectivity index (χ0n) is 20.4. The summed E-state index contributed by atoms with van der Waals surface area (Å²) >= 11 is 1.49. The van der Waals surface area contributed by atoms with Gasteiger partial charge in [0.05, 0.1) is 25.5 Å². The molecule has 37 heavy (non-hydrogen) atoms. The number of amides is 2. The summed E-state index contributed by atoms with van der Waals surface area (Å²) in [6.45, 7) is 1.84. The number of aromatic hydroxyl groups is 1. The average Bonchev–Trinajstić information content (AvgIpc) is 3.49. The van der Waals surface area contributed by atoms with Gasteiger partial charge in [-0.05, 0) is 55.3 Å². The topological polar surface area (TPSA) is 101 Å². The second-order valence-corrected chi connectivity index (χ2v) is 11.0. The summed E-state index contributed by atoms with van der Waals surface area (Å²) in [5, 5.41) is 12.9. The van der Waals surface area contributed by atoms with E-state index in [1.54, 1.807) is 19.1 Å². The smallest absolute Gasteiger partial charge is 0.234 e. The quantitative estimate of drug-likeness (QED) is 0.374. The van der Waals surface area contributed by atoms with Crippen molar-refractivity contribution in [3.63, 3.8) is 0 Å². The number of imide groups is 1. The van der Waals surface area contributed by atoms with Crippen LogP contribution in [0.15, 0.2) is 70.2 Å². The molecule has 4 unspecified atom stereocenters. The first kappa shape index (κ1) is 23.6. The van der Waals surface area contributed by atoms with Gasteiger partial charge in [0.2, 0.25) is 11.8 Å². The van der Waals surface area contributed by atoms with Crippen molar-refractivity contribution in [3.8, 4) is 11.5 Å². The van der Waals surface area contributed by atoms with Gasteiger partial charge >= 0.3 is 0 Å². The Labute approximate surface area is 217 Å². The Hall–Kier alpha value is -3.78. The van der Waals surface area contributed by atoms with Gasteiger partial charge in [0, 0.05) is 33.1 Å². The van der Waals surface area contributed by atoms with E-state index in [9.17, 15) is 24.3 Å². The van der Waals surface area contributed by atoms with Crippen LogP contribution in [-0.4, -0.2) is 40.5 Å². The number of allylic oxidation sites excluding steroid dienone is 6. The van der Waals surface area contributed by atoms with Crippen molar-refractivity contribution in [2.24, 2.45) is 17.8 Å². The van der Waals surface area contributed by atoms with Crippen LogP contribution in [0.1, 0.15) is 36.1 Å². The molecule has 2 heterocycles. The summed E-state index contributed by atoms with van der Waals surface area (Å²) in [5.74, 6) is -2.96. The zero-order valence-corrected chi connectivity index (χ0v) is 21.2. The molecule has 0 spiro atoms. The number of ketones is 2. The molecule has 4 atom stereocenters. The number of Topliss-reactive ketones (excluding diaryl/α,β-unsaturated/α-hetero) is 1. The molecule has 0 saturated carbocycles. The van der Waals surface area contributed by atoms with Gasteiger partial charge in [-0.2, -0.15) is 0 Å². The van der Waals surface area contributed by atoms with Crippen LogP contribution in [0.4, 0.5) is 0 Å². The second kappa shape index (κ2) is 8.66. The first-order chi connectivity index (χ1) is 17.8. The fourth-order valence-electron chi connectivity index (χ4n) is 6.49. The molecule has 1 N–H and O–H groups in total. The molecule has 2 amide bonds. The highest BCUT2D eigenvalue weighted by Crippen LogP contribution is 2.57. The summed E-state index contributed by atoms with van der Waals surface area (Å²) in [7, 11) is 1.48. The Bertz CT molecular complexity index is 1460. The molecule has 7 nitrogen and oxygen atoms in total. The molecule has 2 aromatic rings. The highest BCUT2D eigenvalue weighted by Gasteiger charge is 2.56. The minimum absolute atomic E-state index is 0.0560. The number of hydrogen-bond acceptors (Lipinski definition) is 7. The summed E-state index contributed by atoms with van der Waals surface area (Å²) in [6, 6.07) is 8.67. The maximum absolute atomic E-state index is 13.8. The number of rotatable bonds is 4. The fourth-order valence-corrected chi connectivity index (χ4v) is 7.19. The molecule has 3 aliphatic carbocycles. The van der Waals surface area contributed by atoms with E-state index in [0.29, 0.717) is 34.5 Å². The Kier molecular flexibility index (Phi) is 5.53. The van der Waals surface area contributed by atoms with E-state index in [0.717, 1.165) is 10.5 Å². The van der Waals surface area contributed by atoms with Gasteiger partial charge in [-0.25, -0.2) is 0 Å². The molecule has 1 saturated heterocycles. The Balaban J connectivity index is 1.50. The molecule has 188 valence electrons.